The highest BCUT2D eigenvalue weighted by molar-refractivity contribution is 6.22. The van der Waals surface area contributed by atoms with Gasteiger partial charge in [-0.15, -0.1) is 0 Å². The van der Waals surface area contributed by atoms with Gasteiger partial charge in [-0.2, -0.15) is 0 Å². The predicted molar refractivity (Wildman–Crippen MR) is 106 cm³/mol. The zero-order valence-electron chi connectivity index (χ0n) is 15.4. The van der Waals surface area contributed by atoms with Gasteiger partial charge in [0, 0.05) is 35.8 Å². The zero-order valence-corrected chi connectivity index (χ0v) is 15.4. The van der Waals surface area contributed by atoms with Crippen LogP contribution in [0.5, 0.6) is 0 Å². The summed E-state index contributed by atoms with van der Waals surface area (Å²) >= 11 is 0. The molecule has 0 aliphatic carbocycles. The normalized spacial score (nSPS) is 12.6. The lowest BCUT2D eigenvalue weighted by atomic mass is 10.1. The van der Waals surface area contributed by atoms with Crippen LogP contribution in [0.2, 0.25) is 0 Å². The molecular formula is C21H14N4O5. The summed E-state index contributed by atoms with van der Waals surface area (Å²) in [6.45, 7) is 0.0788. The molecule has 0 bridgehead atoms. The van der Waals surface area contributed by atoms with E-state index >= 15 is 0 Å². The fraction of sp³-hybridized carbons (Fsp3) is 0.0476. The number of amides is 3. The summed E-state index contributed by atoms with van der Waals surface area (Å²) in [5, 5.41) is 13.4. The van der Waals surface area contributed by atoms with Crippen LogP contribution in [-0.4, -0.2) is 32.5 Å². The summed E-state index contributed by atoms with van der Waals surface area (Å²) in [5.41, 5.74) is 1.30. The summed E-state index contributed by atoms with van der Waals surface area (Å²) in [4.78, 5) is 53.3. The van der Waals surface area contributed by atoms with E-state index in [2.05, 4.69) is 10.3 Å². The summed E-state index contributed by atoms with van der Waals surface area (Å²) < 4.78 is 0. The lowest BCUT2D eigenvalue weighted by Gasteiger charge is -2.13. The molecule has 148 valence electrons. The third kappa shape index (κ3) is 3.51. The maximum Gasteiger partial charge on any atom is 0.271 e. The van der Waals surface area contributed by atoms with Gasteiger partial charge in [-0.1, -0.05) is 12.1 Å². The largest absolute Gasteiger partial charge is 0.322 e. The Hall–Kier alpha value is -4.40. The third-order valence-electron chi connectivity index (χ3n) is 4.61. The number of nitro benzene ring substituents is 1. The number of rotatable bonds is 5. The summed E-state index contributed by atoms with van der Waals surface area (Å²) in [7, 11) is 0. The van der Waals surface area contributed by atoms with Gasteiger partial charge >= 0.3 is 0 Å². The van der Waals surface area contributed by atoms with Crippen molar-refractivity contribution in [3.05, 3.63) is 99.4 Å². The summed E-state index contributed by atoms with van der Waals surface area (Å²) in [5.74, 6) is -1.49. The van der Waals surface area contributed by atoms with Gasteiger partial charge in [0.1, 0.15) is 0 Å². The number of carbonyl (C=O) groups excluding carboxylic acids is 3. The second-order valence-electron chi connectivity index (χ2n) is 6.58. The lowest BCUT2D eigenvalue weighted by Crippen LogP contribution is -2.29. The fourth-order valence-electron chi connectivity index (χ4n) is 3.15. The predicted octanol–water partition coefficient (Wildman–Crippen LogP) is 3.04. The van der Waals surface area contributed by atoms with Crippen LogP contribution in [0.1, 0.15) is 36.6 Å². The van der Waals surface area contributed by atoms with Gasteiger partial charge in [0.25, 0.3) is 23.4 Å². The van der Waals surface area contributed by atoms with Crippen molar-refractivity contribution in [3.63, 3.8) is 0 Å². The van der Waals surface area contributed by atoms with E-state index in [0.29, 0.717) is 5.56 Å². The molecule has 30 heavy (non-hydrogen) atoms. The van der Waals surface area contributed by atoms with Crippen molar-refractivity contribution in [1.82, 2.24) is 9.88 Å². The van der Waals surface area contributed by atoms with E-state index in [1.807, 2.05) is 0 Å². The van der Waals surface area contributed by atoms with Gasteiger partial charge in [-0.25, -0.2) is 0 Å². The number of nitro groups is 1. The molecule has 1 aliphatic heterocycles. The molecule has 9 heteroatoms. The number of anilines is 1. The number of hydrogen-bond acceptors (Lipinski definition) is 6. The van der Waals surface area contributed by atoms with Crippen molar-refractivity contribution < 1.29 is 19.3 Å². The smallest absolute Gasteiger partial charge is 0.271 e. The molecule has 1 aliphatic rings. The monoisotopic (exact) mass is 402 g/mol. The molecule has 0 spiro atoms. The lowest BCUT2D eigenvalue weighted by molar-refractivity contribution is -0.384. The molecule has 1 aromatic heterocycles. The van der Waals surface area contributed by atoms with E-state index in [1.54, 1.807) is 24.5 Å². The Balaban J connectivity index is 1.56. The molecule has 0 saturated carbocycles. The molecule has 0 fully saturated rings. The second-order valence-corrected chi connectivity index (χ2v) is 6.58. The van der Waals surface area contributed by atoms with Gasteiger partial charge in [0.05, 0.1) is 22.6 Å². The van der Waals surface area contributed by atoms with Gasteiger partial charge in [-0.05, 0) is 35.9 Å². The number of fused-ring (bicyclic) bond motifs is 1. The molecule has 9 nitrogen and oxygen atoms in total. The number of aromatic nitrogens is 1. The van der Waals surface area contributed by atoms with Gasteiger partial charge in [-0.3, -0.25) is 34.4 Å². The Morgan fingerprint density at radius 2 is 1.83 bits per heavy atom. The minimum absolute atomic E-state index is 0.0788. The number of nitrogens with zero attached hydrogens (tertiary/aromatic N) is 3. The van der Waals surface area contributed by atoms with Gasteiger partial charge in [0.15, 0.2) is 0 Å². The topological polar surface area (TPSA) is 123 Å². The van der Waals surface area contributed by atoms with Crippen LogP contribution in [0.3, 0.4) is 0 Å². The highest BCUT2D eigenvalue weighted by Crippen LogP contribution is 2.26. The van der Waals surface area contributed by atoms with E-state index in [4.69, 9.17) is 0 Å². The van der Waals surface area contributed by atoms with Crippen LogP contribution in [-0.2, 0) is 6.54 Å². The van der Waals surface area contributed by atoms with Crippen molar-refractivity contribution in [2.24, 2.45) is 0 Å². The zero-order chi connectivity index (χ0) is 21.3. The minimum atomic E-state index is -0.563. The van der Waals surface area contributed by atoms with Crippen molar-refractivity contribution in [3.8, 4) is 0 Å². The molecular weight excluding hydrogens is 388 g/mol. The van der Waals surface area contributed by atoms with Crippen LogP contribution < -0.4 is 5.32 Å². The number of hydrogen-bond donors (Lipinski definition) is 1. The molecule has 3 amide bonds. The van der Waals surface area contributed by atoms with E-state index < -0.39 is 22.6 Å². The number of benzene rings is 2. The number of nitrogens with one attached hydrogen (secondary N) is 1. The SMILES string of the molecule is O=C(Nc1cccc([N+](=O)[O-])c1)c1ccc2c(c1)C(=O)N(Cc1cccnc1)C2=O. The first-order valence-corrected chi connectivity index (χ1v) is 8.89. The molecule has 2 heterocycles. The van der Waals surface area contributed by atoms with Crippen LogP contribution in [0.4, 0.5) is 11.4 Å². The Bertz CT molecular complexity index is 1190. The second kappa shape index (κ2) is 7.55. The van der Waals surface area contributed by atoms with Crippen LogP contribution in [0.15, 0.2) is 67.0 Å². The maximum atomic E-state index is 12.7. The Labute approximate surface area is 170 Å². The molecule has 2 aromatic carbocycles. The van der Waals surface area contributed by atoms with E-state index in [0.717, 1.165) is 4.90 Å². The van der Waals surface area contributed by atoms with Crippen LogP contribution >= 0.6 is 0 Å². The molecule has 1 N–H and O–H groups in total. The Morgan fingerprint density at radius 3 is 2.57 bits per heavy atom. The quantitative estimate of drug-likeness (QED) is 0.398. The summed E-state index contributed by atoms with van der Waals surface area (Å²) in [6, 6.07) is 13.2. The average Bonchev–Trinajstić information content (AvgIpc) is 2.99. The average molecular weight is 402 g/mol. The number of non-ortho nitro benzene ring substituents is 1. The molecule has 0 atom stereocenters. The number of pyridine rings is 1. The minimum Gasteiger partial charge on any atom is -0.322 e. The van der Waals surface area contributed by atoms with Gasteiger partial charge in [0.2, 0.25) is 0 Å². The van der Waals surface area contributed by atoms with Crippen molar-refractivity contribution in [2.45, 2.75) is 6.54 Å². The maximum absolute atomic E-state index is 12.7. The highest BCUT2D eigenvalue weighted by Gasteiger charge is 2.36. The standard InChI is InChI=1S/C21H14N4O5/c26-19(23-15-4-1-5-16(10-15)25(29)30)14-6-7-17-18(9-14)21(28)24(20(17)27)12-13-3-2-8-22-11-13/h1-11H,12H2,(H,23,26). The summed E-state index contributed by atoms with van der Waals surface area (Å²) in [6.07, 6.45) is 3.17. The Morgan fingerprint density at radius 1 is 1.03 bits per heavy atom. The first-order valence-electron chi connectivity index (χ1n) is 8.89. The first kappa shape index (κ1) is 18.9. The van der Waals surface area contributed by atoms with Crippen molar-refractivity contribution in [1.29, 1.82) is 0 Å². The number of imide groups is 1. The van der Waals surface area contributed by atoms with Crippen LogP contribution in [0.25, 0.3) is 0 Å². The molecule has 4 rings (SSSR count). The van der Waals surface area contributed by atoms with Crippen molar-refractivity contribution >= 4 is 29.1 Å². The molecule has 0 radical (unpaired) electrons. The number of carbonyl (C=O) groups is 3. The van der Waals surface area contributed by atoms with E-state index in [9.17, 15) is 24.5 Å². The van der Waals surface area contributed by atoms with E-state index in [-0.39, 0.29) is 34.6 Å². The molecule has 3 aromatic rings. The Kier molecular flexibility index (Phi) is 4.77. The first-order chi connectivity index (χ1) is 14.4. The molecule has 0 unspecified atom stereocenters. The van der Waals surface area contributed by atoms with Crippen molar-refractivity contribution in [2.75, 3.05) is 5.32 Å². The van der Waals surface area contributed by atoms with Gasteiger partial charge < -0.3 is 5.32 Å². The molecule has 0 saturated heterocycles. The van der Waals surface area contributed by atoms with Crippen LogP contribution in [0, 0.1) is 10.1 Å². The fourth-order valence-corrected chi connectivity index (χ4v) is 3.15. The highest BCUT2D eigenvalue weighted by atomic mass is 16.6. The third-order valence-corrected chi connectivity index (χ3v) is 4.61. The van der Waals surface area contributed by atoms with E-state index in [1.165, 1.54) is 42.5 Å².